The van der Waals surface area contributed by atoms with Crippen molar-refractivity contribution in [1.82, 2.24) is 0 Å². The first-order valence-corrected chi connectivity index (χ1v) is 10.3. The Morgan fingerprint density at radius 3 is 1.50 bits per heavy atom. The molecule has 0 unspecified atom stereocenters. The van der Waals surface area contributed by atoms with Crippen LogP contribution in [0.4, 0.5) is 0 Å². The summed E-state index contributed by atoms with van der Waals surface area (Å²) >= 11 is 0. The minimum Gasteiger partial charge on any atom is -0.427 e. The Balaban J connectivity index is 2.20. The molecule has 0 spiro atoms. The number of hydrogen-bond donors (Lipinski definition) is 0. The van der Waals surface area contributed by atoms with Crippen molar-refractivity contribution >= 4 is 8.07 Å². The number of ether oxygens (including phenoxy) is 2. The van der Waals surface area contributed by atoms with Crippen molar-refractivity contribution < 1.29 is 9.47 Å². The van der Waals surface area contributed by atoms with Crippen LogP contribution in [-0.2, 0) is 0 Å². The monoisotopic (exact) mass is 284 g/mol. The van der Waals surface area contributed by atoms with E-state index in [1.54, 1.807) is 0 Å². The molecule has 0 amide bonds. The van der Waals surface area contributed by atoms with Crippen molar-refractivity contribution in [1.29, 1.82) is 0 Å². The molecule has 2 rings (SSSR count). The molecule has 0 saturated carbocycles. The molecule has 0 aliphatic rings. The van der Waals surface area contributed by atoms with Crippen LogP contribution in [0.25, 0.3) is 0 Å². The molecule has 2 aromatic rings. The largest absolute Gasteiger partial charge is 0.427 e. The van der Waals surface area contributed by atoms with Gasteiger partial charge in [0, 0.05) is 0 Å². The summed E-state index contributed by atoms with van der Waals surface area (Å²) in [6.45, 7) is 6.74. The lowest BCUT2D eigenvalue weighted by molar-refractivity contribution is 0.227. The fraction of sp³-hybridized carbons (Fsp3) is 0.176. The summed E-state index contributed by atoms with van der Waals surface area (Å²) in [4.78, 5) is 0. The average Bonchev–Trinajstić information content (AvgIpc) is 2.39. The zero-order chi connectivity index (χ0) is 14.4. The van der Waals surface area contributed by atoms with Gasteiger partial charge in [-0.05, 0) is 30.0 Å². The third-order valence-electron chi connectivity index (χ3n) is 2.47. The van der Waals surface area contributed by atoms with Crippen molar-refractivity contribution in [2.24, 2.45) is 0 Å². The molecule has 0 aliphatic carbocycles. The first-order valence-electron chi connectivity index (χ1n) is 6.72. The first-order chi connectivity index (χ1) is 9.53. The molecule has 0 aromatic heterocycles. The van der Waals surface area contributed by atoms with Gasteiger partial charge in [-0.2, -0.15) is 0 Å². The third-order valence-corrected chi connectivity index (χ3v) is 3.58. The highest BCUT2D eigenvalue weighted by Crippen LogP contribution is 2.19. The van der Waals surface area contributed by atoms with Crippen LogP contribution in [0.3, 0.4) is 0 Å². The van der Waals surface area contributed by atoms with E-state index in [-0.39, 0.29) is 0 Å². The van der Waals surface area contributed by atoms with Crippen LogP contribution < -0.4 is 9.47 Å². The summed E-state index contributed by atoms with van der Waals surface area (Å²) in [6.07, 6.45) is 0. The minimum absolute atomic E-state index is 0.557. The van der Waals surface area contributed by atoms with Crippen LogP contribution in [0.2, 0.25) is 19.6 Å². The third kappa shape index (κ3) is 4.94. The fourth-order valence-corrected chi connectivity index (χ4v) is 2.47. The molecule has 0 atom stereocenters. The lowest BCUT2D eigenvalue weighted by Crippen LogP contribution is -2.20. The van der Waals surface area contributed by atoms with E-state index < -0.39 is 8.07 Å². The van der Waals surface area contributed by atoms with E-state index in [0.717, 1.165) is 11.5 Å². The van der Waals surface area contributed by atoms with Crippen LogP contribution in [-0.4, -0.2) is 8.07 Å². The van der Waals surface area contributed by atoms with Gasteiger partial charge in [-0.3, -0.25) is 0 Å². The predicted molar refractivity (Wildman–Crippen MR) is 85.6 cm³/mol. The van der Waals surface area contributed by atoms with Crippen LogP contribution in [0, 0.1) is 0 Å². The topological polar surface area (TPSA) is 18.5 Å². The number of rotatable bonds is 5. The van der Waals surface area contributed by atoms with Crippen LogP contribution >= 0.6 is 0 Å². The molecule has 0 radical (unpaired) electrons. The second-order valence-corrected chi connectivity index (χ2v) is 10.7. The van der Waals surface area contributed by atoms with E-state index in [1.165, 1.54) is 0 Å². The van der Waals surface area contributed by atoms with E-state index in [1.807, 2.05) is 60.7 Å². The molecule has 0 saturated heterocycles. The van der Waals surface area contributed by atoms with Crippen molar-refractivity contribution in [3.63, 3.8) is 0 Å². The lowest BCUT2D eigenvalue weighted by atomic mass is 10.3. The maximum absolute atomic E-state index is 5.87. The van der Waals surface area contributed by atoms with Gasteiger partial charge in [0.1, 0.15) is 11.5 Å². The summed E-state index contributed by atoms with van der Waals surface area (Å²) in [6, 6.07) is 19.4. The first kappa shape index (κ1) is 14.4. The molecule has 0 fully saturated rings. The molecular formula is C17H20O2Si. The zero-order valence-electron chi connectivity index (χ0n) is 12.2. The van der Waals surface area contributed by atoms with Crippen molar-refractivity contribution in [2.45, 2.75) is 19.6 Å². The predicted octanol–water partition coefficient (Wildman–Crippen LogP) is 4.86. The Bertz CT molecular complexity index is 513. The maximum atomic E-state index is 5.87. The van der Waals surface area contributed by atoms with Crippen molar-refractivity contribution in [3.05, 3.63) is 72.3 Å². The number of benzene rings is 2. The molecule has 0 N–H and O–H groups in total. The van der Waals surface area contributed by atoms with E-state index in [2.05, 4.69) is 25.3 Å². The Morgan fingerprint density at radius 1 is 0.750 bits per heavy atom. The summed E-state index contributed by atoms with van der Waals surface area (Å²) < 4.78 is 11.7. The van der Waals surface area contributed by atoms with Gasteiger partial charge in [0.05, 0.1) is 8.07 Å². The van der Waals surface area contributed by atoms with Gasteiger partial charge < -0.3 is 9.47 Å². The van der Waals surface area contributed by atoms with Crippen molar-refractivity contribution in [2.75, 3.05) is 0 Å². The van der Waals surface area contributed by atoms with E-state index in [0.29, 0.717) is 5.95 Å². The quantitative estimate of drug-likeness (QED) is 0.576. The molecular weight excluding hydrogens is 264 g/mol. The van der Waals surface area contributed by atoms with Gasteiger partial charge in [0.15, 0.2) is 0 Å². The summed E-state index contributed by atoms with van der Waals surface area (Å²) in [7, 11) is -1.44. The van der Waals surface area contributed by atoms with Gasteiger partial charge >= 0.3 is 0 Å². The normalized spacial score (nSPS) is 10.8. The molecule has 3 heteroatoms. The van der Waals surface area contributed by atoms with Gasteiger partial charge in [0.25, 0.3) is 5.95 Å². The molecule has 2 nitrogen and oxygen atoms in total. The highest BCUT2D eigenvalue weighted by atomic mass is 28.3. The molecule has 20 heavy (non-hydrogen) atoms. The molecule has 104 valence electrons. The zero-order valence-corrected chi connectivity index (χ0v) is 13.2. The average molecular weight is 284 g/mol. The number of para-hydroxylation sites is 2. The maximum Gasteiger partial charge on any atom is 0.281 e. The van der Waals surface area contributed by atoms with Crippen LogP contribution in [0.1, 0.15) is 0 Å². The van der Waals surface area contributed by atoms with E-state index >= 15 is 0 Å². The Morgan fingerprint density at radius 2 is 1.15 bits per heavy atom. The molecule has 0 aliphatic heterocycles. The highest BCUT2D eigenvalue weighted by molar-refractivity contribution is 6.81. The summed E-state index contributed by atoms with van der Waals surface area (Å²) in [5.74, 6) is 2.13. The van der Waals surface area contributed by atoms with Gasteiger partial charge in [0.2, 0.25) is 0 Å². The lowest BCUT2D eigenvalue weighted by Gasteiger charge is -2.16. The standard InChI is InChI=1S/C17H20O2Si/c1-20(2,3)14-17(18-15-10-6-4-7-11-15)19-16-12-8-5-9-13-16/h4-14H,1-3H3. The van der Waals surface area contributed by atoms with Gasteiger partial charge in [-0.15, -0.1) is 0 Å². The second kappa shape index (κ2) is 6.44. The van der Waals surface area contributed by atoms with Crippen LogP contribution in [0.5, 0.6) is 11.5 Å². The highest BCUT2D eigenvalue weighted by Gasteiger charge is 2.14. The minimum atomic E-state index is -1.44. The number of hydrogen-bond acceptors (Lipinski definition) is 2. The SMILES string of the molecule is C[Si](C)(C)C=C(Oc1ccccc1)Oc1ccccc1. The molecule has 0 bridgehead atoms. The molecule has 0 heterocycles. The van der Waals surface area contributed by atoms with Crippen molar-refractivity contribution in [3.8, 4) is 11.5 Å². The Hall–Kier alpha value is -2.00. The van der Waals surface area contributed by atoms with Gasteiger partial charge in [-0.25, -0.2) is 0 Å². The fourth-order valence-electron chi connectivity index (χ4n) is 1.64. The summed E-state index contributed by atoms with van der Waals surface area (Å²) in [5.41, 5.74) is 2.12. The van der Waals surface area contributed by atoms with Gasteiger partial charge in [-0.1, -0.05) is 56.0 Å². The summed E-state index contributed by atoms with van der Waals surface area (Å²) in [5, 5.41) is 0. The molecule has 2 aromatic carbocycles. The van der Waals surface area contributed by atoms with E-state index in [4.69, 9.17) is 9.47 Å². The second-order valence-electron chi connectivity index (χ2n) is 5.66. The Kier molecular flexibility index (Phi) is 4.64. The van der Waals surface area contributed by atoms with E-state index in [9.17, 15) is 0 Å². The van der Waals surface area contributed by atoms with Crippen LogP contribution in [0.15, 0.2) is 72.3 Å². The Labute approximate surface area is 121 Å². The smallest absolute Gasteiger partial charge is 0.281 e.